The minimum atomic E-state index is -0.638. The number of piperidine rings is 1. The summed E-state index contributed by atoms with van der Waals surface area (Å²) in [6.07, 6.45) is 1.52. The lowest BCUT2D eigenvalue weighted by Gasteiger charge is -2.40. The van der Waals surface area contributed by atoms with Crippen molar-refractivity contribution in [3.05, 3.63) is 29.6 Å². The van der Waals surface area contributed by atoms with Crippen LogP contribution in [-0.4, -0.2) is 18.2 Å². The third kappa shape index (κ3) is 3.14. The molecule has 1 aromatic rings. The quantitative estimate of drug-likeness (QED) is 0.879. The van der Waals surface area contributed by atoms with Crippen molar-refractivity contribution in [3.63, 3.8) is 0 Å². The van der Waals surface area contributed by atoms with E-state index in [9.17, 15) is 9.50 Å². The van der Waals surface area contributed by atoms with Gasteiger partial charge in [0.15, 0.2) is 0 Å². The van der Waals surface area contributed by atoms with Crippen LogP contribution in [0.15, 0.2) is 18.2 Å². The second-order valence-corrected chi connectivity index (χ2v) is 6.98. The van der Waals surface area contributed by atoms with E-state index in [2.05, 4.69) is 25.7 Å². The number of aliphatic hydroxyl groups excluding tert-OH is 1. The van der Waals surface area contributed by atoms with Crippen molar-refractivity contribution in [2.45, 2.75) is 46.6 Å². The fourth-order valence-corrected chi connectivity index (χ4v) is 3.17. The highest BCUT2D eigenvalue weighted by molar-refractivity contribution is 5.56. The Morgan fingerprint density at radius 1 is 1.25 bits per heavy atom. The summed E-state index contributed by atoms with van der Waals surface area (Å²) in [7, 11) is 0. The van der Waals surface area contributed by atoms with Gasteiger partial charge in [0.25, 0.3) is 0 Å². The minimum Gasteiger partial charge on any atom is -0.389 e. The minimum absolute atomic E-state index is 0.224. The molecule has 1 unspecified atom stereocenters. The van der Waals surface area contributed by atoms with Crippen LogP contribution in [0.1, 0.15) is 52.2 Å². The van der Waals surface area contributed by atoms with E-state index in [4.69, 9.17) is 0 Å². The second-order valence-electron chi connectivity index (χ2n) is 6.98. The average Bonchev–Trinajstić information content (AvgIpc) is 2.37. The summed E-state index contributed by atoms with van der Waals surface area (Å²) in [4.78, 5) is 2.10. The van der Waals surface area contributed by atoms with Crippen molar-refractivity contribution in [1.29, 1.82) is 0 Å². The molecule has 1 N–H and O–H groups in total. The summed E-state index contributed by atoms with van der Waals surface area (Å²) < 4.78 is 14.2. The standard InChI is InChI=1S/C17H26FNO/c1-12(20)14-6-5-7-15(18)16(14)19-10-8-13(9-11-19)17(2,3)4/h5-7,12-13,20H,8-11H2,1-4H3. The molecule has 0 spiro atoms. The second kappa shape index (κ2) is 5.72. The van der Waals surface area contributed by atoms with Crippen LogP contribution in [-0.2, 0) is 0 Å². The molecule has 1 fully saturated rings. The molecule has 0 aliphatic carbocycles. The van der Waals surface area contributed by atoms with Gasteiger partial charge in [-0.25, -0.2) is 4.39 Å². The van der Waals surface area contributed by atoms with Gasteiger partial charge in [0.1, 0.15) is 5.82 Å². The number of hydrogen-bond donors (Lipinski definition) is 1. The molecule has 0 aromatic heterocycles. The lowest BCUT2D eigenvalue weighted by molar-refractivity contribution is 0.192. The maximum atomic E-state index is 14.2. The first-order valence-corrected chi connectivity index (χ1v) is 7.52. The van der Waals surface area contributed by atoms with Crippen molar-refractivity contribution in [2.24, 2.45) is 11.3 Å². The molecule has 0 bridgehead atoms. The number of benzene rings is 1. The number of hydrogen-bond acceptors (Lipinski definition) is 2. The third-order valence-corrected chi connectivity index (χ3v) is 4.50. The maximum absolute atomic E-state index is 14.2. The van der Waals surface area contributed by atoms with Gasteiger partial charge in [0.05, 0.1) is 11.8 Å². The molecule has 0 radical (unpaired) electrons. The van der Waals surface area contributed by atoms with Gasteiger partial charge in [-0.1, -0.05) is 32.9 Å². The molecule has 1 heterocycles. The number of rotatable bonds is 2. The van der Waals surface area contributed by atoms with Crippen LogP contribution in [0.25, 0.3) is 0 Å². The van der Waals surface area contributed by atoms with Crippen molar-refractivity contribution in [2.75, 3.05) is 18.0 Å². The summed E-state index contributed by atoms with van der Waals surface area (Å²) in [6.45, 7) is 10.2. The Balaban J connectivity index is 2.19. The van der Waals surface area contributed by atoms with E-state index in [1.807, 2.05) is 6.07 Å². The molecule has 1 aliphatic rings. The van der Waals surface area contributed by atoms with Crippen LogP contribution >= 0.6 is 0 Å². The molecule has 1 aliphatic heterocycles. The van der Waals surface area contributed by atoms with E-state index in [1.54, 1.807) is 13.0 Å². The molecule has 112 valence electrons. The van der Waals surface area contributed by atoms with Gasteiger partial charge < -0.3 is 10.0 Å². The van der Waals surface area contributed by atoms with Crippen LogP contribution in [0.2, 0.25) is 0 Å². The van der Waals surface area contributed by atoms with Crippen molar-refractivity contribution in [3.8, 4) is 0 Å². The first kappa shape index (κ1) is 15.3. The molecule has 20 heavy (non-hydrogen) atoms. The molecule has 0 amide bonds. The number of para-hydroxylation sites is 1. The first-order valence-electron chi connectivity index (χ1n) is 7.52. The van der Waals surface area contributed by atoms with Crippen LogP contribution in [0, 0.1) is 17.2 Å². The predicted octanol–water partition coefficient (Wildman–Crippen LogP) is 4.14. The Morgan fingerprint density at radius 3 is 2.35 bits per heavy atom. The molecule has 1 aromatic carbocycles. The van der Waals surface area contributed by atoms with Crippen LogP contribution < -0.4 is 4.90 Å². The molecular weight excluding hydrogens is 253 g/mol. The number of halogens is 1. The summed E-state index contributed by atoms with van der Waals surface area (Å²) >= 11 is 0. The SMILES string of the molecule is CC(O)c1cccc(F)c1N1CCC(C(C)(C)C)CC1. The zero-order chi connectivity index (χ0) is 14.9. The molecular formula is C17H26FNO. The van der Waals surface area contributed by atoms with E-state index < -0.39 is 6.10 Å². The number of anilines is 1. The zero-order valence-electron chi connectivity index (χ0n) is 13.0. The van der Waals surface area contributed by atoms with Crippen LogP contribution in [0.5, 0.6) is 0 Å². The van der Waals surface area contributed by atoms with Gasteiger partial charge in [-0.05, 0) is 37.2 Å². The fraction of sp³-hybridized carbons (Fsp3) is 0.647. The lowest BCUT2D eigenvalue weighted by atomic mass is 9.75. The van der Waals surface area contributed by atoms with Gasteiger partial charge in [-0.2, -0.15) is 0 Å². The van der Waals surface area contributed by atoms with E-state index in [1.165, 1.54) is 6.07 Å². The topological polar surface area (TPSA) is 23.5 Å². The molecule has 1 atom stereocenters. The molecule has 2 nitrogen and oxygen atoms in total. The van der Waals surface area contributed by atoms with Gasteiger partial charge >= 0.3 is 0 Å². The van der Waals surface area contributed by atoms with Crippen LogP contribution in [0.3, 0.4) is 0 Å². The van der Waals surface area contributed by atoms with E-state index in [-0.39, 0.29) is 5.82 Å². The van der Waals surface area contributed by atoms with Crippen molar-refractivity contribution < 1.29 is 9.50 Å². The molecule has 2 rings (SSSR count). The highest BCUT2D eigenvalue weighted by Gasteiger charge is 2.30. The lowest BCUT2D eigenvalue weighted by Crippen LogP contribution is -2.39. The Bertz CT molecular complexity index is 457. The van der Waals surface area contributed by atoms with E-state index in [0.717, 1.165) is 25.9 Å². The summed E-state index contributed by atoms with van der Waals surface area (Å²) in [5, 5.41) is 9.85. The average molecular weight is 279 g/mol. The largest absolute Gasteiger partial charge is 0.389 e. The summed E-state index contributed by atoms with van der Waals surface area (Å²) in [6, 6.07) is 4.97. The van der Waals surface area contributed by atoms with Crippen molar-refractivity contribution in [1.82, 2.24) is 0 Å². The normalized spacial score (nSPS) is 19.2. The van der Waals surface area contributed by atoms with Crippen LogP contribution in [0.4, 0.5) is 10.1 Å². The van der Waals surface area contributed by atoms with E-state index >= 15 is 0 Å². The molecule has 1 saturated heterocycles. The molecule has 0 saturated carbocycles. The number of aliphatic hydroxyl groups is 1. The zero-order valence-corrected chi connectivity index (χ0v) is 13.0. The van der Waals surface area contributed by atoms with Gasteiger partial charge in [-0.15, -0.1) is 0 Å². The van der Waals surface area contributed by atoms with Gasteiger partial charge in [0, 0.05) is 18.7 Å². The Hall–Kier alpha value is -1.09. The smallest absolute Gasteiger partial charge is 0.146 e. The Morgan fingerprint density at radius 2 is 1.85 bits per heavy atom. The third-order valence-electron chi connectivity index (χ3n) is 4.50. The maximum Gasteiger partial charge on any atom is 0.146 e. The molecule has 3 heteroatoms. The summed E-state index contributed by atoms with van der Waals surface area (Å²) in [5.74, 6) is 0.457. The first-order chi connectivity index (χ1) is 9.30. The Labute approximate surface area is 121 Å². The van der Waals surface area contributed by atoms with Gasteiger partial charge in [0.2, 0.25) is 0 Å². The predicted molar refractivity (Wildman–Crippen MR) is 81.4 cm³/mol. The monoisotopic (exact) mass is 279 g/mol. The van der Waals surface area contributed by atoms with Crippen molar-refractivity contribution >= 4 is 5.69 Å². The van der Waals surface area contributed by atoms with E-state index in [0.29, 0.717) is 22.6 Å². The fourth-order valence-electron chi connectivity index (χ4n) is 3.17. The number of nitrogens with zero attached hydrogens (tertiary/aromatic N) is 1. The summed E-state index contributed by atoms with van der Waals surface area (Å²) in [5.41, 5.74) is 1.60. The highest BCUT2D eigenvalue weighted by Crippen LogP contribution is 2.37. The Kier molecular flexibility index (Phi) is 4.38. The van der Waals surface area contributed by atoms with Gasteiger partial charge in [-0.3, -0.25) is 0 Å². The highest BCUT2D eigenvalue weighted by atomic mass is 19.1.